The Morgan fingerprint density at radius 3 is 2.15 bits per heavy atom. The number of amides is 3. The Morgan fingerprint density at radius 2 is 1.56 bits per heavy atom. The molecule has 2 aromatic carbocycles. The molecule has 0 fully saturated rings. The maximum absolute atomic E-state index is 12.9. The zero-order valence-electron chi connectivity index (χ0n) is 19.3. The van der Waals surface area contributed by atoms with E-state index in [9.17, 15) is 24.3 Å². The predicted molar refractivity (Wildman–Crippen MR) is 128 cm³/mol. The lowest BCUT2D eigenvalue weighted by molar-refractivity contribution is -0.146. The standard InChI is InChI=1S/C24H30BN3O6/c1-2-9-18(27-22(31)20(28-24(25)33)17-12-7-4-8-13-17)21(30)23(32)26-14-19(29)34-15-16-10-5-3-6-11-16/h3-8,10-13,18,20-21,30H,2,9,14-15,25H2,1H3,(H,26,32)(H,27,31)(H,28,33)/t18?,20-,21?/m0/s1. The maximum atomic E-state index is 12.9. The van der Waals surface area contributed by atoms with E-state index in [0.29, 0.717) is 18.4 Å². The molecule has 180 valence electrons. The number of hydrogen-bond acceptors (Lipinski definition) is 6. The number of hydrogen-bond donors (Lipinski definition) is 4. The van der Waals surface area contributed by atoms with Crippen LogP contribution in [-0.2, 0) is 25.7 Å². The summed E-state index contributed by atoms with van der Waals surface area (Å²) in [7, 11) is 1.30. The highest BCUT2D eigenvalue weighted by atomic mass is 16.5. The molecule has 2 aromatic rings. The molecule has 10 heteroatoms. The second-order valence-corrected chi connectivity index (χ2v) is 7.76. The van der Waals surface area contributed by atoms with Gasteiger partial charge >= 0.3 is 5.97 Å². The summed E-state index contributed by atoms with van der Waals surface area (Å²) in [6.07, 6.45) is -0.718. The largest absolute Gasteiger partial charge is 0.460 e. The van der Waals surface area contributed by atoms with Crippen molar-refractivity contribution in [2.75, 3.05) is 6.54 Å². The summed E-state index contributed by atoms with van der Waals surface area (Å²) in [5.74, 6) is -2.43. The molecular formula is C24H30BN3O6. The van der Waals surface area contributed by atoms with Gasteiger partial charge in [0.25, 0.3) is 5.91 Å². The average molecular weight is 467 g/mol. The summed E-state index contributed by atoms with van der Waals surface area (Å²) in [6.45, 7) is 1.48. The average Bonchev–Trinajstić information content (AvgIpc) is 2.84. The second kappa shape index (κ2) is 13.8. The third-order valence-corrected chi connectivity index (χ3v) is 4.97. The molecule has 0 saturated carbocycles. The monoisotopic (exact) mass is 467 g/mol. The van der Waals surface area contributed by atoms with Crippen molar-refractivity contribution in [3.63, 3.8) is 0 Å². The number of aliphatic hydroxyl groups excluding tert-OH is 1. The van der Waals surface area contributed by atoms with E-state index in [1.807, 2.05) is 25.1 Å². The van der Waals surface area contributed by atoms with E-state index in [1.54, 1.807) is 42.5 Å². The fraction of sp³-hybridized carbons (Fsp3) is 0.333. The van der Waals surface area contributed by atoms with Crippen LogP contribution in [0.5, 0.6) is 0 Å². The van der Waals surface area contributed by atoms with E-state index in [0.717, 1.165) is 5.56 Å². The molecule has 9 nitrogen and oxygen atoms in total. The highest BCUT2D eigenvalue weighted by Crippen LogP contribution is 2.14. The summed E-state index contributed by atoms with van der Waals surface area (Å²) >= 11 is 0. The van der Waals surface area contributed by atoms with Crippen LogP contribution in [0, 0.1) is 0 Å². The Labute approximate surface area is 199 Å². The molecule has 0 aromatic heterocycles. The molecule has 0 aliphatic carbocycles. The van der Waals surface area contributed by atoms with E-state index in [2.05, 4.69) is 16.0 Å². The number of rotatable bonds is 12. The van der Waals surface area contributed by atoms with Crippen molar-refractivity contribution in [3.05, 3.63) is 71.8 Å². The summed E-state index contributed by atoms with van der Waals surface area (Å²) in [5, 5.41) is 18.1. The molecule has 2 rings (SSSR count). The van der Waals surface area contributed by atoms with Gasteiger partial charge in [-0.2, -0.15) is 0 Å². The molecule has 2 unspecified atom stereocenters. The Hall–Kier alpha value is -3.66. The minimum Gasteiger partial charge on any atom is -0.460 e. The van der Waals surface area contributed by atoms with Gasteiger partial charge in [0.05, 0.1) is 6.04 Å². The van der Waals surface area contributed by atoms with Crippen molar-refractivity contribution < 1.29 is 29.0 Å². The quantitative estimate of drug-likeness (QED) is 0.267. The van der Waals surface area contributed by atoms with E-state index >= 15 is 0 Å². The molecule has 0 heterocycles. The van der Waals surface area contributed by atoms with Crippen molar-refractivity contribution in [1.29, 1.82) is 0 Å². The highest BCUT2D eigenvalue weighted by molar-refractivity contribution is 6.57. The molecule has 0 aliphatic heterocycles. The van der Waals surface area contributed by atoms with E-state index in [1.165, 1.54) is 7.85 Å². The first kappa shape index (κ1) is 26.6. The van der Waals surface area contributed by atoms with Crippen LogP contribution < -0.4 is 16.0 Å². The van der Waals surface area contributed by atoms with Crippen molar-refractivity contribution in [2.45, 2.75) is 44.6 Å². The van der Waals surface area contributed by atoms with Crippen LogP contribution in [0.4, 0.5) is 4.79 Å². The number of aliphatic hydroxyl groups is 1. The number of carbonyl (C=O) groups excluding carboxylic acids is 4. The van der Waals surface area contributed by atoms with Gasteiger partial charge in [-0.1, -0.05) is 74.0 Å². The zero-order valence-corrected chi connectivity index (χ0v) is 19.3. The van der Waals surface area contributed by atoms with Gasteiger partial charge in [0.15, 0.2) is 11.9 Å². The summed E-state index contributed by atoms with van der Waals surface area (Å²) in [6, 6.07) is 15.8. The van der Waals surface area contributed by atoms with Crippen LogP contribution in [0.3, 0.4) is 0 Å². The Kier molecular flexibility index (Phi) is 10.8. The smallest absolute Gasteiger partial charge is 0.325 e. The number of carbonyl (C=O) groups is 4. The fourth-order valence-electron chi connectivity index (χ4n) is 3.27. The van der Waals surface area contributed by atoms with Gasteiger partial charge < -0.3 is 25.8 Å². The number of ether oxygens (including phenoxy) is 1. The van der Waals surface area contributed by atoms with Crippen LogP contribution in [0.15, 0.2) is 60.7 Å². The van der Waals surface area contributed by atoms with Gasteiger partial charge in [-0.05, 0) is 17.5 Å². The highest BCUT2D eigenvalue weighted by Gasteiger charge is 2.30. The molecule has 0 bridgehead atoms. The zero-order chi connectivity index (χ0) is 24.9. The first-order valence-electron chi connectivity index (χ1n) is 11.1. The lowest BCUT2D eigenvalue weighted by atomic mass is 10.0. The third-order valence-electron chi connectivity index (χ3n) is 4.97. The van der Waals surface area contributed by atoms with E-state index in [-0.39, 0.29) is 6.61 Å². The first-order valence-corrected chi connectivity index (χ1v) is 11.1. The van der Waals surface area contributed by atoms with Crippen LogP contribution in [0.2, 0.25) is 0 Å². The lowest BCUT2D eigenvalue weighted by Gasteiger charge is -2.26. The Morgan fingerprint density at radius 1 is 0.941 bits per heavy atom. The molecule has 3 atom stereocenters. The van der Waals surface area contributed by atoms with Crippen LogP contribution in [-0.4, -0.2) is 55.2 Å². The van der Waals surface area contributed by atoms with Crippen molar-refractivity contribution in [1.82, 2.24) is 16.0 Å². The van der Waals surface area contributed by atoms with Crippen molar-refractivity contribution in [3.8, 4) is 0 Å². The molecule has 0 radical (unpaired) electrons. The molecular weight excluding hydrogens is 437 g/mol. The molecule has 0 saturated heterocycles. The minimum absolute atomic E-state index is 0.0661. The maximum Gasteiger partial charge on any atom is 0.325 e. The molecule has 3 amide bonds. The van der Waals surface area contributed by atoms with Gasteiger partial charge in [-0.25, -0.2) is 0 Å². The Balaban J connectivity index is 1.95. The van der Waals surface area contributed by atoms with Gasteiger partial charge in [0.1, 0.15) is 19.2 Å². The third kappa shape index (κ3) is 8.70. The summed E-state index contributed by atoms with van der Waals surface area (Å²) < 4.78 is 5.10. The topological polar surface area (TPSA) is 134 Å². The fourth-order valence-corrected chi connectivity index (χ4v) is 3.27. The second-order valence-electron chi connectivity index (χ2n) is 7.76. The number of esters is 1. The van der Waals surface area contributed by atoms with Crippen LogP contribution >= 0.6 is 0 Å². The minimum atomic E-state index is -1.60. The molecule has 0 spiro atoms. The van der Waals surface area contributed by atoms with Crippen molar-refractivity contribution >= 4 is 31.4 Å². The first-order chi connectivity index (χ1) is 16.3. The lowest BCUT2D eigenvalue weighted by Crippen LogP contribution is -2.53. The molecule has 0 aliphatic rings. The molecule has 4 N–H and O–H groups in total. The van der Waals surface area contributed by atoms with E-state index in [4.69, 9.17) is 4.74 Å². The SMILES string of the molecule is BC(=O)N[C@H](C(=O)NC(CCC)C(O)C(=O)NCC(=O)OCc1ccccc1)c1ccccc1. The van der Waals surface area contributed by atoms with E-state index < -0.39 is 48.3 Å². The van der Waals surface area contributed by atoms with Gasteiger partial charge in [0, 0.05) is 0 Å². The van der Waals surface area contributed by atoms with Gasteiger partial charge in [-0.15, -0.1) is 0 Å². The summed E-state index contributed by atoms with van der Waals surface area (Å²) in [4.78, 5) is 48.9. The van der Waals surface area contributed by atoms with Crippen LogP contribution in [0.1, 0.15) is 36.9 Å². The number of nitrogens with one attached hydrogen (secondary N) is 3. The normalized spacial score (nSPS) is 13.1. The summed E-state index contributed by atoms with van der Waals surface area (Å²) in [5.41, 5.74) is 1.37. The predicted octanol–water partition coefficient (Wildman–Crippen LogP) is 0.576. The van der Waals surface area contributed by atoms with Gasteiger partial charge in [0.2, 0.25) is 13.8 Å². The van der Waals surface area contributed by atoms with Crippen molar-refractivity contribution in [2.24, 2.45) is 0 Å². The Bertz CT molecular complexity index is 958. The van der Waals surface area contributed by atoms with Crippen LogP contribution in [0.25, 0.3) is 0 Å². The van der Waals surface area contributed by atoms with Gasteiger partial charge in [-0.3, -0.25) is 19.2 Å². The molecule has 34 heavy (non-hydrogen) atoms. The number of benzene rings is 2.